The van der Waals surface area contributed by atoms with Crippen molar-refractivity contribution < 1.29 is 14.4 Å². The van der Waals surface area contributed by atoms with E-state index >= 15 is 0 Å². The van der Waals surface area contributed by atoms with Crippen LogP contribution >= 0.6 is 0 Å². The van der Waals surface area contributed by atoms with E-state index in [9.17, 15) is 0 Å². The number of unbranched alkanes of at least 4 members (excludes halogenated alkanes) is 3. The molecule has 0 aromatic heterocycles. The van der Waals surface area contributed by atoms with Crippen molar-refractivity contribution in [3.63, 3.8) is 0 Å². The maximum atomic E-state index is 5.74. The largest absolute Gasteiger partial charge is 0.494 e. The van der Waals surface area contributed by atoms with E-state index in [4.69, 9.17) is 9.47 Å². The molecule has 20 heavy (non-hydrogen) atoms. The molecule has 1 aliphatic heterocycles. The molecular formula is C17H28NO2+. The summed E-state index contributed by atoms with van der Waals surface area (Å²) in [7, 11) is 0. The second kappa shape index (κ2) is 8.98. The first kappa shape index (κ1) is 15.3. The van der Waals surface area contributed by atoms with Crippen LogP contribution in [0.3, 0.4) is 0 Å². The molecule has 0 spiro atoms. The Balaban J connectivity index is 1.44. The van der Waals surface area contributed by atoms with Crippen molar-refractivity contribution in [1.29, 1.82) is 0 Å². The molecule has 0 unspecified atom stereocenters. The highest BCUT2D eigenvalue weighted by atomic mass is 16.5. The number of hydrogen-bond acceptors (Lipinski definition) is 2. The van der Waals surface area contributed by atoms with Gasteiger partial charge in [0.25, 0.3) is 0 Å². The Morgan fingerprint density at radius 3 is 2.45 bits per heavy atom. The van der Waals surface area contributed by atoms with Crippen molar-refractivity contribution >= 4 is 0 Å². The van der Waals surface area contributed by atoms with Crippen LogP contribution in [0.1, 0.15) is 31.2 Å². The van der Waals surface area contributed by atoms with E-state index in [2.05, 4.69) is 31.2 Å². The van der Waals surface area contributed by atoms with Gasteiger partial charge < -0.3 is 14.4 Å². The molecule has 3 heteroatoms. The topological polar surface area (TPSA) is 22.9 Å². The van der Waals surface area contributed by atoms with E-state index in [0.717, 1.165) is 32.0 Å². The summed E-state index contributed by atoms with van der Waals surface area (Å²) in [4.78, 5) is 1.71. The van der Waals surface area contributed by atoms with Crippen molar-refractivity contribution in [3.8, 4) is 5.75 Å². The van der Waals surface area contributed by atoms with Crippen molar-refractivity contribution in [1.82, 2.24) is 0 Å². The lowest BCUT2D eigenvalue weighted by molar-refractivity contribution is -0.908. The molecule has 1 saturated heterocycles. The van der Waals surface area contributed by atoms with Crippen LogP contribution in [0.4, 0.5) is 0 Å². The minimum Gasteiger partial charge on any atom is -0.494 e. The number of benzene rings is 1. The SMILES string of the molecule is Cc1ccc(OCCCCCC[NH+]2CCOCC2)cc1. The molecule has 1 aliphatic rings. The Hall–Kier alpha value is -1.06. The van der Waals surface area contributed by atoms with Crippen LogP contribution in [-0.4, -0.2) is 39.5 Å². The zero-order valence-corrected chi connectivity index (χ0v) is 12.7. The molecule has 3 nitrogen and oxygen atoms in total. The average Bonchev–Trinajstić information content (AvgIpc) is 2.49. The monoisotopic (exact) mass is 278 g/mol. The van der Waals surface area contributed by atoms with Crippen molar-refractivity contribution in [2.45, 2.75) is 32.6 Å². The second-order valence-electron chi connectivity index (χ2n) is 5.69. The molecule has 1 fully saturated rings. The van der Waals surface area contributed by atoms with E-state index in [0.29, 0.717) is 0 Å². The fraction of sp³-hybridized carbons (Fsp3) is 0.647. The number of rotatable bonds is 8. The quantitative estimate of drug-likeness (QED) is 0.733. The third kappa shape index (κ3) is 5.93. The molecule has 0 atom stereocenters. The van der Waals surface area contributed by atoms with Crippen LogP contribution in [0.15, 0.2) is 24.3 Å². The number of hydrogen-bond donors (Lipinski definition) is 1. The summed E-state index contributed by atoms with van der Waals surface area (Å²) >= 11 is 0. The lowest BCUT2D eigenvalue weighted by Crippen LogP contribution is -3.14. The normalized spacial score (nSPS) is 16.2. The summed E-state index contributed by atoms with van der Waals surface area (Å²) < 4.78 is 11.1. The number of morpholine rings is 1. The fourth-order valence-corrected chi connectivity index (χ4v) is 2.57. The molecule has 112 valence electrons. The first-order valence-corrected chi connectivity index (χ1v) is 7.95. The molecule has 0 bridgehead atoms. The highest BCUT2D eigenvalue weighted by Gasteiger charge is 2.12. The molecule has 0 saturated carbocycles. The van der Waals surface area contributed by atoms with Gasteiger partial charge in [0.1, 0.15) is 18.8 Å². The van der Waals surface area contributed by atoms with Crippen molar-refractivity contribution in [3.05, 3.63) is 29.8 Å². The minimum absolute atomic E-state index is 0.841. The lowest BCUT2D eigenvalue weighted by Gasteiger charge is -2.23. The molecule has 0 radical (unpaired) electrons. The first-order valence-electron chi connectivity index (χ1n) is 7.95. The fourth-order valence-electron chi connectivity index (χ4n) is 2.57. The van der Waals surface area contributed by atoms with Crippen LogP contribution in [0.5, 0.6) is 5.75 Å². The first-order chi connectivity index (χ1) is 9.84. The molecule has 0 aliphatic carbocycles. The minimum atomic E-state index is 0.841. The number of nitrogens with one attached hydrogen (secondary N) is 1. The Bertz CT molecular complexity index is 358. The van der Waals surface area contributed by atoms with Gasteiger partial charge in [-0.05, 0) is 44.7 Å². The van der Waals surface area contributed by atoms with Gasteiger partial charge in [-0.15, -0.1) is 0 Å². The molecule has 1 N–H and O–H groups in total. The summed E-state index contributed by atoms with van der Waals surface area (Å²) in [5.41, 5.74) is 1.28. The van der Waals surface area contributed by atoms with Crippen LogP contribution in [-0.2, 0) is 4.74 Å². The third-order valence-corrected chi connectivity index (χ3v) is 3.91. The van der Waals surface area contributed by atoms with Gasteiger partial charge in [0.05, 0.1) is 26.4 Å². The third-order valence-electron chi connectivity index (χ3n) is 3.91. The second-order valence-corrected chi connectivity index (χ2v) is 5.69. The molecule has 1 aromatic carbocycles. The number of ether oxygens (including phenoxy) is 2. The maximum absolute atomic E-state index is 5.74. The molecule has 1 heterocycles. The standard InChI is InChI=1S/C17H27NO2/c1-16-6-8-17(9-7-16)20-13-5-3-2-4-10-18-11-14-19-15-12-18/h6-9H,2-5,10-15H2,1H3/p+1. The Morgan fingerprint density at radius 1 is 1.00 bits per heavy atom. The summed E-state index contributed by atoms with van der Waals surface area (Å²) in [5, 5.41) is 0. The molecular weight excluding hydrogens is 250 g/mol. The van der Waals surface area contributed by atoms with Gasteiger partial charge in [-0.2, -0.15) is 0 Å². The van der Waals surface area contributed by atoms with Crippen molar-refractivity contribution in [2.24, 2.45) is 0 Å². The van der Waals surface area contributed by atoms with E-state index in [-0.39, 0.29) is 0 Å². The van der Waals surface area contributed by atoms with Crippen LogP contribution < -0.4 is 9.64 Å². The summed E-state index contributed by atoms with van der Waals surface area (Å²) in [5.74, 6) is 0.994. The Kier molecular flexibility index (Phi) is 6.89. The highest BCUT2D eigenvalue weighted by Crippen LogP contribution is 2.12. The van der Waals surface area contributed by atoms with Gasteiger partial charge in [0, 0.05) is 0 Å². The molecule has 0 amide bonds. The van der Waals surface area contributed by atoms with Gasteiger partial charge in [-0.1, -0.05) is 17.7 Å². The van der Waals surface area contributed by atoms with Crippen LogP contribution in [0, 0.1) is 6.92 Å². The van der Waals surface area contributed by atoms with Gasteiger partial charge in [-0.3, -0.25) is 0 Å². The lowest BCUT2D eigenvalue weighted by atomic mass is 10.2. The van der Waals surface area contributed by atoms with E-state index < -0.39 is 0 Å². The molecule has 2 rings (SSSR count). The van der Waals surface area contributed by atoms with E-state index in [1.165, 1.54) is 44.5 Å². The highest BCUT2D eigenvalue weighted by molar-refractivity contribution is 5.26. The average molecular weight is 278 g/mol. The summed E-state index contributed by atoms with van der Waals surface area (Å²) in [6.07, 6.45) is 5.09. The smallest absolute Gasteiger partial charge is 0.119 e. The summed E-state index contributed by atoms with van der Waals surface area (Å²) in [6, 6.07) is 8.30. The zero-order valence-electron chi connectivity index (χ0n) is 12.7. The van der Waals surface area contributed by atoms with Gasteiger partial charge >= 0.3 is 0 Å². The Morgan fingerprint density at radius 2 is 1.70 bits per heavy atom. The maximum Gasteiger partial charge on any atom is 0.119 e. The van der Waals surface area contributed by atoms with Crippen molar-refractivity contribution in [2.75, 3.05) is 39.5 Å². The summed E-state index contributed by atoms with van der Waals surface area (Å²) in [6.45, 7) is 8.52. The van der Waals surface area contributed by atoms with Crippen LogP contribution in [0.25, 0.3) is 0 Å². The van der Waals surface area contributed by atoms with E-state index in [1.807, 2.05) is 0 Å². The van der Waals surface area contributed by atoms with E-state index in [1.54, 1.807) is 4.90 Å². The predicted molar refractivity (Wildman–Crippen MR) is 81.5 cm³/mol. The molecule has 1 aromatic rings. The van der Waals surface area contributed by atoms with Gasteiger partial charge in [-0.25, -0.2) is 0 Å². The number of quaternary nitrogens is 1. The van der Waals surface area contributed by atoms with Crippen LogP contribution in [0.2, 0.25) is 0 Å². The number of aryl methyl sites for hydroxylation is 1. The van der Waals surface area contributed by atoms with Gasteiger partial charge in [0.2, 0.25) is 0 Å². The zero-order chi connectivity index (χ0) is 14.0. The predicted octanol–water partition coefficient (Wildman–Crippen LogP) is 1.85. The Labute approximate surface area is 122 Å². The van der Waals surface area contributed by atoms with Gasteiger partial charge in [0.15, 0.2) is 0 Å².